The molecule has 3 heterocycles. The lowest BCUT2D eigenvalue weighted by Crippen LogP contribution is -2.46. The largest absolute Gasteiger partial charge is 0.481 e. The minimum absolute atomic E-state index is 0.0321. The van der Waals surface area contributed by atoms with Crippen LogP contribution in [0.4, 0.5) is 5.82 Å². The molecule has 2 aromatic rings. The summed E-state index contributed by atoms with van der Waals surface area (Å²) in [5, 5.41) is 26.6. The van der Waals surface area contributed by atoms with E-state index in [9.17, 15) is 57.9 Å². The van der Waals surface area contributed by atoms with Gasteiger partial charge in [0, 0.05) is 36.1 Å². The van der Waals surface area contributed by atoms with Crippen LogP contribution in [0.15, 0.2) is 12.7 Å². The standard InChI is InChI=1S/C32H56N7O17P3S/c1-6-7-8-9-10-12-31(2,3)30(44)60-15-14-34-21(40)11-13-35-28(43)25(42)32(4,5)17-53-59(50,51)56-58(48,49)52-16-20-24(55-57(45,46)47)23(41)29(54-20)39-19-38-22-26(33)36-18-37-27(22)39/h18-20,23-25,29,41-42H,6-17H2,1-5H3,(H,34,40)(H,35,43)(H,48,49)(H,50,51)(H2,33,36,37)(H2,45,46,47)/t20-,23-,24-,25+,29-/m1/s1. The minimum atomic E-state index is -5.57. The maximum atomic E-state index is 12.7. The first-order chi connectivity index (χ1) is 27.8. The predicted molar refractivity (Wildman–Crippen MR) is 214 cm³/mol. The zero-order valence-electron chi connectivity index (χ0n) is 33.8. The number of rotatable bonds is 26. The van der Waals surface area contributed by atoms with Gasteiger partial charge in [0.1, 0.15) is 36.3 Å². The van der Waals surface area contributed by atoms with Gasteiger partial charge in [0.2, 0.25) is 11.8 Å². The van der Waals surface area contributed by atoms with E-state index in [4.69, 9.17) is 19.5 Å². The molecule has 10 N–H and O–H groups in total. The first-order valence-corrected chi connectivity index (χ1v) is 24.4. The number of imidazole rings is 1. The summed E-state index contributed by atoms with van der Waals surface area (Å²) < 4.78 is 62.3. The van der Waals surface area contributed by atoms with E-state index in [-0.39, 0.29) is 41.6 Å². The number of hydrogen-bond donors (Lipinski definition) is 9. The van der Waals surface area contributed by atoms with E-state index < -0.39 is 90.0 Å². The van der Waals surface area contributed by atoms with Crippen molar-refractivity contribution >= 4 is 69.1 Å². The van der Waals surface area contributed by atoms with Gasteiger partial charge in [-0.15, -0.1) is 0 Å². The first kappa shape index (κ1) is 51.9. The summed E-state index contributed by atoms with van der Waals surface area (Å²) in [6, 6.07) is 0. The second kappa shape index (κ2) is 22.3. The highest BCUT2D eigenvalue weighted by Gasteiger charge is 2.50. The highest BCUT2D eigenvalue weighted by Crippen LogP contribution is 2.61. The molecule has 0 radical (unpaired) electrons. The summed E-state index contributed by atoms with van der Waals surface area (Å²) in [4.78, 5) is 88.6. The molecular formula is C32H56N7O17P3S. The van der Waals surface area contributed by atoms with E-state index in [2.05, 4.69) is 41.3 Å². The maximum absolute atomic E-state index is 12.7. The van der Waals surface area contributed by atoms with Crippen LogP contribution in [0.1, 0.15) is 85.8 Å². The molecule has 342 valence electrons. The summed E-state index contributed by atoms with van der Waals surface area (Å²) in [5.74, 6) is -1.06. The van der Waals surface area contributed by atoms with E-state index in [1.165, 1.54) is 20.3 Å². The number of nitrogen functional groups attached to an aromatic ring is 1. The molecular weight excluding hydrogens is 879 g/mol. The average molecular weight is 936 g/mol. The molecule has 0 aliphatic carbocycles. The normalized spacial score (nSPS) is 21.3. The number of carbonyl (C=O) groups excluding carboxylic acids is 3. The van der Waals surface area contributed by atoms with Crippen molar-refractivity contribution in [2.75, 3.05) is 37.8 Å². The quantitative estimate of drug-likeness (QED) is 0.0481. The van der Waals surface area contributed by atoms with Crippen LogP contribution >= 0.6 is 35.2 Å². The van der Waals surface area contributed by atoms with Crippen LogP contribution in [0, 0.1) is 10.8 Å². The van der Waals surface area contributed by atoms with Crippen LogP contribution in [-0.4, -0.2) is 123 Å². The van der Waals surface area contributed by atoms with Crippen molar-refractivity contribution in [3.05, 3.63) is 12.7 Å². The molecule has 1 saturated heterocycles. The molecule has 24 nitrogen and oxygen atoms in total. The number of aromatic nitrogens is 4. The number of carbonyl (C=O) groups is 3. The Morgan fingerprint density at radius 2 is 1.65 bits per heavy atom. The Morgan fingerprint density at radius 1 is 0.983 bits per heavy atom. The lowest BCUT2D eigenvalue weighted by molar-refractivity contribution is -0.137. The van der Waals surface area contributed by atoms with Gasteiger partial charge in [0.15, 0.2) is 22.8 Å². The SMILES string of the molecule is CCCCCCCC(C)(C)C(=O)SCCNC(=O)CCNC(=O)[C@H](O)C(C)(C)COP(=O)(O)OP(=O)(O)OC[C@H]1O[C@@H](n2cnc3c(N)ncnc32)[C@H](O)[C@@H]1OP(=O)(O)O. The van der Waals surface area contributed by atoms with Crippen molar-refractivity contribution in [1.82, 2.24) is 30.2 Å². The molecule has 1 fully saturated rings. The number of aliphatic hydroxyl groups is 2. The topological polar surface area (TPSA) is 364 Å². The number of thioether (sulfide) groups is 1. The molecule has 7 atom stereocenters. The maximum Gasteiger partial charge on any atom is 0.481 e. The Morgan fingerprint density at radius 3 is 2.32 bits per heavy atom. The molecule has 1 aliphatic rings. The molecule has 0 bridgehead atoms. The van der Waals surface area contributed by atoms with Crippen LogP contribution in [0.2, 0.25) is 0 Å². The summed E-state index contributed by atoms with van der Waals surface area (Å²) >= 11 is 1.15. The van der Waals surface area contributed by atoms with Gasteiger partial charge in [-0.1, -0.05) is 78.5 Å². The number of anilines is 1. The van der Waals surface area contributed by atoms with Gasteiger partial charge < -0.3 is 50.9 Å². The lowest BCUT2D eigenvalue weighted by Gasteiger charge is -2.30. The van der Waals surface area contributed by atoms with Gasteiger partial charge in [-0.2, -0.15) is 4.31 Å². The van der Waals surface area contributed by atoms with E-state index in [1.807, 2.05) is 13.8 Å². The fraction of sp³-hybridized carbons (Fsp3) is 0.750. The second-order valence-corrected chi connectivity index (χ2v) is 20.6. The van der Waals surface area contributed by atoms with Gasteiger partial charge in [-0.3, -0.25) is 32.5 Å². The van der Waals surface area contributed by atoms with Crippen LogP contribution in [0.3, 0.4) is 0 Å². The number of fused-ring (bicyclic) bond motifs is 1. The van der Waals surface area contributed by atoms with E-state index in [1.54, 1.807) is 0 Å². The van der Waals surface area contributed by atoms with Crippen molar-refractivity contribution in [2.24, 2.45) is 10.8 Å². The number of ether oxygens (including phenoxy) is 1. The van der Waals surface area contributed by atoms with Crippen molar-refractivity contribution in [3.8, 4) is 0 Å². The number of amides is 2. The predicted octanol–water partition coefficient (Wildman–Crippen LogP) is 2.05. The van der Waals surface area contributed by atoms with E-state index in [0.29, 0.717) is 5.75 Å². The monoisotopic (exact) mass is 935 g/mol. The van der Waals surface area contributed by atoms with Gasteiger partial charge in [-0.05, 0) is 6.42 Å². The van der Waals surface area contributed by atoms with Crippen LogP contribution in [0.25, 0.3) is 11.2 Å². The Kier molecular flexibility index (Phi) is 19.3. The Hall–Kier alpha value is -2.44. The van der Waals surface area contributed by atoms with Gasteiger partial charge >= 0.3 is 23.5 Å². The molecule has 1 aliphatic heterocycles. The summed E-state index contributed by atoms with van der Waals surface area (Å²) in [7, 11) is -16.4. The zero-order valence-corrected chi connectivity index (χ0v) is 37.3. The van der Waals surface area contributed by atoms with Crippen molar-refractivity contribution in [1.29, 1.82) is 0 Å². The Bertz CT molecular complexity index is 1920. The summed E-state index contributed by atoms with van der Waals surface area (Å²) in [6.07, 6.45) is -0.599. The Balaban J connectivity index is 1.44. The van der Waals surface area contributed by atoms with Gasteiger partial charge in [0.05, 0.1) is 19.5 Å². The highest BCUT2D eigenvalue weighted by atomic mass is 32.2. The highest BCUT2D eigenvalue weighted by molar-refractivity contribution is 8.13. The van der Waals surface area contributed by atoms with Crippen molar-refractivity contribution in [3.63, 3.8) is 0 Å². The number of phosphoric acid groups is 3. The fourth-order valence-corrected chi connectivity index (χ4v) is 9.45. The van der Waals surface area contributed by atoms with Gasteiger partial charge in [0.25, 0.3) is 0 Å². The smallest absolute Gasteiger partial charge is 0.386 e. The molecule has 0 spiro atoms. The number of nitrogens with one attached hydrogen (secondary N) is 2. The van der Waals surface area contributed by atoms with Crippen LogP contribution in [0.5, 0.6) is 0 Å². The van der Waals surface area contributed by atoms with E-state index in [0.717, 1.165) is 61.1 Å². The fourth-order valence-electron chi connectivity index (χ4n) is 5.74. The average Bonchev–Trinajstić information content (AvgIpc) is 3.71. The first-order valence-electron chi connectivity index (χ1n) is 18.9. The summed E-state index contributed by atoms with van der Waals surface area (Å²) in [6.45, 7) is 6.50. The van der Waals surface area contributed by atoms with Crippen molar-refractivity contribution in [2.45, 2.75) is 110 Å². The van der Waals surface area contributed by atoms with Crippen LogP contribution < -0.4 is 16.4 Å². The molecule has 0 saturated carbocycles. The van der Waals surface area contributed by atoms with Crippen molar-refractivity contribution < 1.29 is 80.5 Å². The molecule has 2 unspecified atom stereocenters. The number of nitrogens with two attached hydrogens (primary N) is 1. The minimum Gasteiger partial charge on any atom is -0.386 e. The number of nitrogens with zero attached hydrogens (tertiary/aromatic N) is 4. The number of aliphatic hydroxyl groups excluding tert-OH is 2. The second-order valence-electron chi connectivity index (χ2n) is 15.3. The van der Waals surface area contributed by atoms with E-state index >= 15 is 0 Å². The third-order valence-electron chi connectivity index (χ3n) is 9.19. The number of hydrogen-bond acceptors (Lipinski definition) is 18. The summed E-state index contributed by atoms with van der Waals surface area (Å²) in [5.41, 5.74) is 3.80. The van der Waals surface area contributed by atoms with Crippen LogP contribution in [-0.2, 0) is 50.7 Å². The molecule has 28 heteroatoms. The molecule has 2 amide bonds. The number of phosphoric ester groups is 3. The number of unbranched alkanes of at least 4 members (excludes halogenated alkanes) is 4. The Labute approximate surface area is 350 Å². The van der Waals surface area contributed by atoms with Gasteiger partial charge in [-0.25, -0.2) is 28.6 Å². The third kappa shape index (κ3) is 16.0. The third-order valence-corrected chi connectivity index (χ3v) is 13.5. The molecule has 60 heavy (non-hydrogen) atoms. The molecule has 2 aromatic heterocycles. The molecule has 0 aromatic carbocycles. The molecule has 3 rings (SSSR count). The lowest BCUT2D eigenvalue weighted by atomic mass is 9.87. The zero-order chi connectivity index (χ0) is 45.1.